The second-order valence-electron chi connectivity index (χ2n) is 9.02. The summed E-state index contributed by atoms with van der Waals surface area (Å²) in [6.07, 6.45) is 6.76. The van der Waals surface area contributed by atoms with Gasteiger partial charge < -0.3 is 10.2 Å². The fourth-order valence-corrected chi connectivity index (χ4v) is 5.62. The molecule has 166 valence electrons. The van der Waals surface area contributed by atoms with Gasteiger partial charge in [0.05, 0.1) is 6.54 Å². The van der Waals surface area contributed by atoms with Gasteiger partial charge >= 0.3 is 0 Å². The van der Waals surface area contributed by atoms with Crippen LogP contribution in [-0.4, -0.2) is 52.8 Å². The largest absolute Gasteiger partial charge is 0.338 e. The number of carbonyl (C=O) groups is 2. The zero-order chi connectivity index (χ0) is 21.7. The lowest BCUT2D eigenvalue weighted by molar-refractivity contribution is -0.146. The van der Waals surface area contributed by atoms with Gasteiger partial charge in [-0.2, -0.15) is 0 Å². The third-order valence-corrected chi connectivity index (χ3v) is 7.59. The molecule has 2 aliphatic heterocycles. The summed E-state index contributed by atoms with van der Waals surface area (Å²) in [5.74, 6) is 0.669. The summed E-state index contributed by atoms with van der Waals surface area (Å²) in [4.78, 5) is 34.3. The van der Waals surface area contributed by atoms with Gasteiger partial charge in [-0.1, -0.05) is 43.7 Å². The minimum atomic E-state index is -0.305. The van der Waals surface area contributed by atoms with Gasteiger partial charge in [-0.25, -0.2) is 4.98 Å². The van der Waals surface area contributed by atoms with Crippen molar-refractivity contribution in [3.63, 3.8) is 0 Å². The zero-order valence-electron chi connectivity index (χ0n) is 18.3. The summed E-state index contributed by atoms with van der Waals surface area (Å²) in [7, 11) is 0. The van der Waals surface area contributed by atoms with E-state index in [0.29, 0.717) is 30.0 Å². The van der Waals surface area contributed by atoms with Crippen molar-refractivity contribution in [2.24, 2.45) is 11.3 Å². The molecule has 6 nitrogen and oxygen atoms in total. The van der Waals surface area contributed by atoms with E-state index in [1.807, 2.05) is 23.6 Å². The van der Waals surface area contributed by atoms with Crippen LogP contribution in [0.5, 0.6) is 0 Å². The molecule has 1 atom stereocenters. The number of nitrogens with zero attached hydrogens (tertiary/aromatic N) is 3. The van der Waals surface area contributed by atoms with E-state index >= 15 is 0 Å². The van der Waals surface area contributed by atoms with Crippen LogP contribution in [0, 0.1) is 11.3 Å². The molecule has 0 aliphatic carbocycles. The van der Waals surface area contributed by atoms with Crippen LogP contribution in [0.3, 0.4) is 0 Å². The standard InChI is InChI=1S/C24H32N4O2S/c1-24(11-5-6-13-28(22(24)30)17-19-7-3-2-4-8-19)20-9-14-27(15-10-20)18-21(29)26-23-25-12-16-31-23/h2-4,7-8,12,16,20H,5-6,9-11,13-15,17-18H2,1H3,(H,25,26,29)/t24-/m0/s1. The molecular weight excluding hydrogens is 408 g/mol. The van der Waals surface area contributed by atoms with Crippen LogP contribution in [0.4, 0.5) is 5.13 Å². The van der Waals surface area contributed by atoms with Crippen molar-refractivity contribution in [2.75, 3.05) is 31.5 Å². The van der Waals surface area contributed by atoms with Crippen molar-refractivity contribution < 1.29 is 9.59 Å². The third-order valence-electron chi connectivity index (χ3n) is 6.90. The Kier molecular flexibility index (Phi) is 7.02. The van der Waals surface area contributed by atoms with Crippen molar-refractivity contribution >= 4 is 28.3 Å². The second-order valence-corrected chi connectivity index (χ2v) is 9.92. The third kappa shape index (κ3) is 5.33. The van der Waals surface area contributed by atoms with E-state index in [-0.39, 0.29) is 11.3 Å². The van der Waals surface area contributed by atoms with Crippen LogP contribution in [0.25, 0.3) is 0 Å². The van der Waals surface area contributed by atoms with Gasteiger partial charge in [-0.3, -0.25) is 14.5 Å². The molecular formula is C24H32N4O2S. The van der Waals surface area contributed by atoms with Gasteiger partial charge in [0.1, 0.15) is 0 Å². The fourth-order valence-electron chi connectivity index (χ4n) is 5.07. The molecule has 0 radical (unpaired) electrons. The predicted molar refractivity (Wildman–Crippen MR) is 124 cm³/mol. The van der Waals surface area contributed by atoms with E-state index in [1.54, 1.807) is 6.20 Å². The van der Waals surface area contributed by atoms with Crippen molar-refractivity contribution in [1.29, 1.82) is 0 Å². The number of carbonyl (C=O) groups excluding carboxylic acids is 2. The van der Waals surface area contributed by atoms with E-state index in [2.05, 4.69) is 39.2 Å². The number of benzene rings is 1. The molecule has 1 N–H and O–H groups in total. The number of likely N-dealkylation sites (tertiary alicyclic amines) is 2. The SMILES string of the molecule is C[C@@]1(C2CCN(CC(=O)Nc3nccs3)CC2)CCCCN(Cc2ccccc2)C1=O. The average molecular weight is 441 g/mol. The molecule has 3 heterocycles. The monoisotopic (exact) mass is 440 g/mol. The molecule has 0 unspecified atom stereocenters. The Morgan fingerprint density at radius 3 is 2.68 bits per heavy atom. The van der Waals surface area contributed by atoms with E-state index in [0.717, 1.165) is 51.7 Å². The van der Waals surface area contributed by atoms with Crippen molar-refractivity contribution in [1.82, 2.24) is 14.8 Å². The van der Waals surface area contributed by atoms with Gasteiger partial charge in [-0.15, -0.1) is 11.3 Å². The number of nitrogens with one attached hydrogen (secondary N) is 1. The summed E-state index contributed by atoms with van der Waals surface area (Å²) in [6.45, 7) is 5.84. The van der Waals surface area contributed by atoms with Gasteiger partial charge in [0.2, 0.25) is 11.8 Å². The minimum absolute atomic E-state index is 0.0146. The molecule has 0 bridgehead atoms. The summed E-state index contributed by atoms with van der Waals surface area (Å²) < 4.78 is 0. The zero-order valence-corrected chi connectivity index (χ0v) is 19.1. The van der Waals surface area contributed by atoms with Crippen LogP contribution in [-0.2, 0) is 16.1 Å². The molecule has 0 spiro atoms. The Labute approximate surface area is 188 Å². The topological polar surface area (TPSA) is 65.5 Å². The molecule has 4 rings (SSSR count). The van der Waals surface area contributed by atoms with Gasteiger partial charge in [-0.05, 0) is 50.3 Å². The van der Waals surface area contributed by atoms with Gasteiger partial charge in [0.15, 0.2) is 5.13 Å². The van der Waals surface area contributed by atoms with Crippen molar-refractivity contribution in [3.8, 4) is 0 Å². The van der Waals surface area contributed by atoms with E-state index < -0.39 is 0 Å². The highest BCUT2D eigenvalue weighted by Crippen LogP contribution is 2.43. The number of anilines is 1. The Hall–Kier alpha value is -2.25. The smallest absolute Gasteiger partial charge is 0.240 e. The first-order valence-corrected chi connectivity index (χ1v) is 12.2. The average Bonchev–Trinajstić information content (AvgIpc) is 3.24. The Bertz CT molecular complexity index is 865. The van der Waals surface area contributed by atoms with Gasteiger partial charge in [0.25, 0.3) is 0 Å². The van der Waals surface area contributed by atoms with Crippen molar-refractivity contribution in [2.45, 2.75) is 45.6 Å². The maximum atomic E-state index is 13.7. The maximum Gasteiger partial charge on any atom is 0.240 e. The Morgan fingerprint density at radius 2 is 1.97 bits per heavy atom. The minimum Gasteiger partial charge on any atom is -0.338 e. The number of aromatic nitrogens is 1. The van der Waals surface area contributed by atoms with E-state index in [1.165, 1.54) is 16.9 Å². The van der Waals surface area contributed by atoms with Crippen LogP contribution in [0.1, 0.15) is 44.6 Å². The van der Waals surface area contributed by atoms with Crippen molar-refractivity contribution in [3.05, 3.63) is 47.5 Å². The molecule has 0 saturated carbocycles. The molecule has 31 heavy (non-hydrogen) atoms. The highest BCUT2D eigenvalue weighted by atomic mass is 32.1. The lowest BCUT2D eigenvalue weighted by Gasteiger charge is -2.42. The molecule has 1 aromatic heterocycles. The van der Waals surface area contributed by atoms with Gasteiger partial charge in [0, 0.05) is 30.1 Å². The summed E-state index contributed by atoms with van der Waals surface area (Å²) in [5, 5.41) is 5.36. The number of thiazole rings is 1. The highest BCUT2D eigenvalue weighted by molar-refractivity contribution is 7.13. The lowest BCUT2D eigenvalue weighted by Crippen LogP contribution is -2.49. The number of piperidine rings is 1. The summed E-state index contributed by atoms with van der Waals surface area (Å²) in [5.41, 5.74) is 0.890. The first-order valence-electron chi connectivity index (χ1n) is 11.3. The number of hydrogen-bond acceptors (Lipinski definition) is 5. The molecule has 7 heteroatoms. The predicted octanol–water partition coefficient (Wildman–Crippen LogP) is 4.01. The summed E-state index contributed by atoms with van der Waals surface area (Å²) in [6, 6.07) is 10.3. The van der Waals surface area contributed by atoms with Crippen LogP contribution < -0.4 is 5.32 Å². The maximum absolute atomic E-state index is 13.7. The first kappa shape index (κ1) is 22.0. The fraction of sp³-hybridized carbons (Fsp3) is 0.542. The van der Waals surface area contributed by atoms with Crippen LogP contribution >= 0.6 is 11.3 Å². The molecule has 2 fully saturated rings. The Morgan fingerprint density at radius 1 is 1.19 bits per heavy atom. The quantitative estimate of drug-likeness (QED) is 0.737. The second kappa shape index (κ2) is 9.92. The number of hydrogen-bond donors (Lipinski definition) is 1. The molecule has 2 amide bonds. The van der Waals surface area contributed by atoms with E-state index in [9.17, 15) is 9.59 Å². The Balaban J connectivity index is 1.34. The molecule has 1 aromatic carbocycles. The summed E-state index contributed by atoms with van der Waals surface area (Å²) >= 11 is 1.43. The number of amides is 2. The highest BCUT2D eigenvalue weighted by Gasteiger charge is 2.45. The first-order chi connectivity index (χ1) is 15.0. The van der Waals surface area contributed by atoms with Crippen LogP contribution in [0.15, 0.2) is 41.9 Å². The molecule has 2 aliphatic rings. The van der Waals surface area contributed by atoms with E-state index in [4.69, 9.17) is 0 Å². The normalized spacial score (nSPS) is 23.5. The lowest BCUT2D eigenvalue weighted by atomic mass is 9.69. The number of rotatable bonds is 6. The molecule has 2 aromatic rings. The van der Waals surface area contributed by atoms with Crippen LogP contribution in [0.2, 0.25) is 0 Å². The molecule has 2 saturated heterocycles.